The molecule has 0 radical (unpaired) electrons. The van der Waals surface area contributed by atoms with Crippen molar-refractivity contribution in [1.82, 2.24) is 0 Å². The molecule has 0 aliphatic heterocycles. The summed E-state index contributed by atoms with van der Waals surface area (Å²) in [5.41, 5.74) is -2.99. The van der Waals surface area contributed by atoms with Gasteiger partial charge < -0.3 is 5.11 Å². The van der Waals surface area contributed by atoms with E-state index in [1.807, 2.05) is 0 Å². The zero-order valence-electron chi connectivity index (χ0n) is 7.25. The molecule has 0 aromatic carbocycles. The molecular weight excluding hydrogens is 195 g/mol. The van der Waals surface area contributed by atoms with E-state index in [2.05, 4.69) is 0 Å². The minimum Gasteiger partial charge on any atom is -0.383 e. The van der Waals surface area contributed by atoms with Crippen LogP contribution in [0.2, 0.25) is 0 Å². The van der Waals surface area contributed by atoms with Crippen molar-refractivity contribution in [3.63, 3.8) is 0 Å². The number of aliphatic hydroxyl groups is 1. The standard InChI is InChI=1S/C7H11F5O/c1-3-5(13,4-2)6(8,9)7(10,11)12/h13H,3-4H2,1-2H3. The van der Waals surface area contributed by atoms with Crippen LogP contribution in [-0.4, -0.2) is 22.8 Å². The Morgan fingerprint density at radius 2 is 1.23 bits per heavy atom. The van der Waals surface area contributed by atoms with Gasteiger partial charge in [-0.1, -0.05) is 13.8 Å². The molecule has 0 aromatic heterocycles. The summed E-state index contributed by atoms with van der Waals surface area (Å²) in [5.74, 6) is -5.05. The fraction of sp³-hybridized carbons (Fsp3) is 1.00. The molecule has 0 bridgehead atoms. The second kappa shape index (κ2) is 3.40. The topological polar surface area (TPSA) is 20.2 Å². The zero-order valence-corrected chi connectivity index (χ0v) is 7.25. The summed E-state index contributed by atoms with van der Waals surface area (Å²) < 4.78 is 60.6. The molecule has 0 amide bonds. The van der Waals surface area contributed by atoms with Gasteiger partial charge in [-0.25, -0.2) is 0 Å². The van der Waals surface area contributed by atoms with Gasteiger partial charge in [0.2, 0.25) is 0 Å². The van der Waals surface area contributed by atoms with Crippen LogP contribution in [0.4, 0.5) is 22.0 Å². The van der Waals surface area contributed by atoms with Crippen molar-refractivity contribution in [3.05, 3.63) is 0 Å². The quantitative estimate of drug-likeness (QED) is 0.704. The third-order valence-electron chi connectivity index (χ3n) is 2.11. The summed E-state index contributed by atoms with van der Waals surface area (Å²) in [6.07, 6.45) is -6.99. The van der Waals surface area contributed by atoms with Gasteiger partial charge in [0.15, 0.2) is 0 Å². The average Bonchev–Trinajstić information content (AvgIpc) is 2.00. The lowest BCUT2D eigenvalue weighted by Crippen LogP contribution is -2.56. The van der Waals surface area contributed by atoms with Crippen molar-refractivity contribution < 1.29 is 27.1 Å². The molecule has 1 N–H and O–H groups in total. The maximum absolute atomic E-state index is 12.6. The van der Waals surface area contributed by atoms with Crippen molar-refractivity contribution in [2.24, 2.45) is 0 Å². The molecule has 0 aliphatic carbocycles. The Kier molecular flexibility index (Phi) is 3.30. The van der Waals surface area contributed by atoms with E-state index in [-0.39, 0.29) is 0 Å². The molecule has 0 unspecified atom stereocenters. The Bertz CT molecular complexity index is 170. The number of hydrogen-bond acceptors (Lipinski definition) is 1. The zero-order chi connectivity index (χ0) is 10.9. The number of rotatable bonds is 3. The first-order chi connectivity index (χ1) is 5.62. The fourth-order valence-electron chi connectivity index (χ4n) is 0.958. The van der Waals surface area contributed by atoms with Crippen LogP contribution in [0, 0.1) is 0 Å². The van der Waals surface area contributed by atoms with Crippen molar-refractivity contribution in [2.45, 2.75) is 44.4 Å². The molecule has 0 fully saturated rings. The lowest BCUT2D eigenvalue weighted by Gasteiger charge is -2.35. The normalized spacial score (nSPS) is 14.8. The lowest BCUT2D eigenvalue weighted by molar-refractivity contribution is -0.342. The van der Waals surface area contributed by atoms with E-state index in [1.54, 1.807) is 0 Å². The molecule has 6 heteroatoms. The first-order valence-electron chi connectivity index (χ1n) is 3.79. The van der Waals surface area contributed by atoms with Gasteiger partial charge in [0.1, 0.15) is 5.60 Å². The van der Waals surface area contributed by atoms with Gasteiger partial charge in [0.05, 0.1) is 0 Å². The minimum absolute atomic E-state index is 0.643. The Morgan fingerprint density at radius 3 is 1.31 bits per heavy atom. The van der Waals surface area contributed by atoms with Crippen LogP contribution in [-0.2, 0) is 0 Å². The van der Waals surface area contributed by atoms with Crippen LogP contribution in [0.3, 0.4) is 0 Å². The van der Waals surface area contributed by atoms with E-state index in [9.17, 15) is 22.0 Å². The van der Waals surface area contributed by atoms with Crippen LogP contribution < -0.4 is 0 Å². The van der Waals surface area contributed by atoms with Crippen LogP contribution in [0.25, 0.3) is 0 Å². The molecule has 80 valence electrons. The predicted molar refractivity (Wildman–Crippen MR) is 36.5 cm³/mol. The summed E-state index contributed by atoms with van der Waals surface area (Å²) in [7, 11) is 0. The highest BCUT2D eigenvalue weighted by Gasteiger charge is 2.68. The summed E-state index contributed by atoms with van der Waals surface area (Å²) in [4.78, 5) is 0. The number of halogens is 5. The number of alkyl halides is 5. The monoisotopic (exact) mass is 206 g/mol. The molecule has 0 rings (SSSR count). The van der Waals surface area contributed by atoms with Crippen LogP contribution in [0.1, 0.15) is 26.7 Å². The molecule has 0 aliphatic rings. The van der Waals surface area contributed by atoms with Gasteiger partial charge >= 0.3 is 12.1 Å². The van der Waals surface area contributed by atoms with Gasteiger partial charge in [-0.2, -0.15) is 22.0 Å². The Balaban J connectivity index is 5.00. The van der Waals surface area contributed by atoms with Crippen molar-refractivity contribution in [1.29, 1.82) is 0 Å². The third kappa shape index (κ3) is 1.92. The largest absolute Gasteiger partial charge is 0.456 e. The molecule has 1 nitrogen and oxygen atoms in total. The Labute approximate surface area is 72.6 Å². The molecule has 0 saturated carbocycles. The Hall–Kier alpha value is -0.390. The highest BCUT2D eigenvalue weighted by atomic mass is 19.4. The third-order valence-corrected chi connectivity index (χ3v) is 2.11. The van der Waals surface area contributed by atoms with E-state index in [1.165, 1.54) is 0 Å². The second-order valence-corrected chi connectivity index (χ2v) is 2.81. The molecule has 0 aromatic rings. The Morgan fingerprint density at radius 1 is 0.923 bits per heavy atom. The van der Waals surface area contributed by atoms with Gasteiger partial charge in [-0.3, -0.25) is 0 Å². The molecule has 0 spiro atoms. The van der Waals surface area contributed by atoms with Gasteiger partial charge in [-0.05, 0) is 12.8 Å². The van der Waals surface area contributed by atoms with E-state index in [4.69, 9.17) is 5.11 Å². The van der Waals surface area contributed by atoms with E-state index >= 15 is 0 Å². The molecule has 0 heterocycles. The number of hydrogen-bond donors (Lipinski definition) is 1. The second-order valence-electron chi connectivity index (χ2n) is 2.81. The first kappa shape index (κ1) is 12.6. The van der Waals surface area contributed by atoms with Crippen molar-refractivity contribution in [3.8, 4) is 0 Å². The molecule has 0 saturated heterocycles. The highest BCUT2D eigenvalue weighted by molar-refractivity contribution is 4.96. The molecular formula is C7H11F5O. The highest BCUT2D eigenvalue weighted by Crippen LogP contribution is 2.46. The fourth-order valence-corrected chi connectivity index (χ4v) is 0.958. The summed E-state index contributed by atoms with van der Waals surface area (Å²) in [6.45, 7) is 2.17. The average molecular weight is 206 g/mol. The minimum atomic E-state index is -5.70. The van der Waals surface area contributed by atoms with E-state index in [0.717, 1.165) is 13.8 Å². The van der Waals surface area contributed by atoms with Crippen molar-refractivity contribution >= 4 is 0 Å². The van der Waals surface area contributed by atoms with Crippen molar-refractivity contribution in [2.75, 3.05) is 0 Å². The van der Waals surface area contributed by atoms with Gasteiger partial charge in [-0.15, -0.1) is 0 Å². The molecule has 0 atom stereocenters. The maximum Gasteiger partial charge on any atom is 0.456 e. The summed E-state index contributed by atoms with van der Waals surface area (Å²) in [5, 5.41) is 9.02. The lowest BCUT2D eigenvalue weighted by atomic mass is 9.89. The maximum atomic E-state index is 12.6. The molecule has 13 heavy (non-hydrogen) atoms. The van der Waals surface area contributed by atoms with Gasteiger partial charge in [0, 0.05) is 0 Å². The van der Waals surface area contributed by atoms with E-state index < -0.39 is 30.5 Å². The smallest absolute Gasteiger partial charge is 0.383 e. The predicted octanol–water partition coefficient (Wildman–Crippen LogP) is 2.74. The van der Waals surface area contributed by atoms with Crippen LogP contribution in [0.15, 0.2) is 0 Å². The first-order valence-corrected chi connectivity index (χ1v) is 3.79. The van der Waals surface area contributed by atoms with Crippen LogP contribution in [0.5, 0.6) is 0 Å². The summed E-state index contributed by atoms with van der Waals surface area (Å²) >= 11 is 0. The van der Waals surface area contributed by atoms with Gasteiger partial charge in [0.25, 0.3) is 0 Å². The van der Waals surface area contributed by atoms with Crippen LogP contribution >= 0.6 is 0 Å². The van der Waals surface area contributed by atoms with E-state index in [0.29, 0.717) is 0 Å². The SMILES string of the molecule is CCC(O)(CC)C(F)(F)C(F)(F)F. The summed E-state index contributed by atoms with van der Waals surface area (Å²) in [6, 6.07) is 0.